The number of carbonyl (C=O) groups is 1. The predicted octanol–water partition coefficient (Wildman–Crippen LogP) is 3.72. The summed E-state index contributed by atoms with van der Waals surface area (Å²) in [7, 11) is 0.545. The van der Waals surface area contributed by atoms with Gasteiger partial charge in [-0.1, -0.05) is 18.2 Å². The molecule has 0 saturated heterocycles. The van der Waals surface area contributed by atoms with Crippen molar-refractivity contribution in [3.8, 4) is 11.5 Å². The van der Waals surface area contributed by atoms with Crippen LogP contribution in [0.15, 0.2) is 70.2 Å². The molecular formula is C25H26N2O6S. The van der Waals surface area contributed by atoms with E-state index in [1.165, 1.54) is 35.6 Å². The SMILES string of the molecule is COc1cc(C=CC(=O)N(C)Cc2ccco2)cc(S(=O)(=O)N2CCc3ccccc32)c1OC. The summed E-state index contributed by atoms with van der Waals surface area (Å²) in [5.74, 6) is 0.774. The van der Waals surface area contributed by atoms with Crippen LogP contribution in [-0.2, 0) is 27.8 Å². The average molecular weight is 483 g/mol. The van der Waals surface area contributed by atoms with Crippen LogP contribution in [0.5, 0.6) is 11.5 Å². The van der Waals surface area contributed by atoms with Gasteiger partial charge in [-0.2, -0.15) is 0 Å². The quantitative estimate of drug-likeness (QED) is 0.455. The molecule has 0 N–H and O–H groups in total. The van der Waals surface area contributed by atoms with Crippen molar-refractivity contribution in [2.75, 3.05) is 32.1 Å². The maximum absolute atomic E-state index is 13.7. The highest BCUT2D eigenvalue weighted by molar-refractivity contribution is 7.93. The monoisotopic (exact) mass is 482 g/mol. The molecular weight excluding hydrogens is 456 g/mol. The minimum atomic E-state index is -3.95. The minimum Gasteiger partial charge on any atom is -0.493 e. The number of sulfonamides is 1. The number of ether oxygens (including phenoxy) is 2. The lowest BCUT2D eigenvalue weighted by Crippen LogP contribution is -2.29. The summed E-state index contributed by atoms with van der Waals surface area (Å²) in [5.41, 5.74) is 2.11. The van der Waals surface area contributed by atoms with E-state index in [1.807, 2.05) is 18.2 Å². The van der Waals surface area contributed by atoms with Gasteiger partial charge in [0.05, 0.1) is 32.7 Å². The van der Waals surface area contributed by atoms with Crippen LogP contribution in [0, 0.1) is 0 Å². The van der Waals surface area contributed by atoms with Crippen molar-refractivity contribution in [1.29, 1.82) is 0 Å². The highest BCUT2D eigenvalue weighted by Gasteiger charge is 2.34. The number of benzene rings is 2. The number of anilines is 1. The Hall–Kier alpha value is -3.72. The first-order valence-electron chi connectivity index (χ1n) is 10.7. The Kier molecular flexibility index (Phi) is 6.65. The largest absolute Gasteiger partial charge is 0.493 e. The number of nitrogens with zero attached hydrogens (tertiary/aromatic N) is 2. The van der Waals surface area contributed by atoms with E-state index in [2.05, 4.69) is 0 Å². The van der Waals surface area contributed by atoms with E-state index < -0.39 is 10.0 Å². The zero-order chi connectivity index (χ0) is 24.3. The Labute approximate surface area is 199 Å². The molecule has 0 radical (unpaired) electrons. The van der Waals surface area contributed by atoms with Crippen LogP contribution < -0.4 is 13.8 Å². The number of hydrogen-bond donors (Lipinski definition) is 0. The van der Waals surface area contributed by atoms with Crippen molar-refractivity contribution >= 4 is 27.7 Å². The molecule has 4 rings (SSSR count). The summed E-state index contributed by atoms with van der Waals surface area (Å²) in [5, 5.41) is 0. The molecule has 1 aliphatic rings. The van der Waals surface area contributed by atoms with Crippen LogP contribution in [0.2, 0.25) is 0 Å². The summed E-state index contributed by atoms with van der Waals surface area (Å²) in [4.78, 5) is 14.0. The number of carbonyl (C=O) groups excluding carboxylic acids is 1. The Morgan fingerprint density at radius 1 is 1.15 bits per heavy atom. The first kappa shape index (κ1) is 23.4. The van der Waals surface area contributed by atoms with Gasteiger partial charge >= 0.3 is 0 Å². The maximum Gasteiger partial charge on any atom is 0.268 e. The molecule has 0 atom stereocenters. The first-order valence-corrected chi connectivity index (χ1v) is 12.1. The molecule has 0 spiro atoms. The Morgan fingerprint density at radius 3 is 2.65 bits per heavy atom. The fraction of sp³-hybridized carbons (Fsp3) is 0.240. The number of rotatable bonds is 8. The van der Waals surface area contributed by atoms with Gasteiger partial charge in [0, 0.05) is 19.7 Å². The molecule has 0 unspecified atom stereocenters. The molecule has 1 aromatic heterocycles. The molecule has 0 aliphatic carbocycles. The highest BCUT2D eigenvalue weighted by atomic mass is 32.2. The molecule has 8 nitrogen and oxygen atoms in total. The summed E-state index contributed by atoms with van der Waals surface area (Å²) >= 11 is 0. The second-order valence-electron chi connectivity index (χ2n) is 7.82. The van der Waals surface area contributed by atoms with E-state index in [9.17, 15) is 13.2 Å². The van der Waals surface area contributed by atoms with Gasteiger partial charge in [-0.3, -0.25) is 9.10 Å². The third kappa shape index (κ3) is 4.51. The predicted molar refractivity (Wildman–Crippen MR) is 128 cm³/mol. The summed E-state index contributed by atoms with van der Waals surface area (Å²) in [6.45, 7) is 0.652. The van der Waals surface area contributed by atoms with Crippen LogP contribution in [0.3, 0.4) is 0 Å². The van der Waals surface area contributed by atoms with Crippen molar-refractivity contribution in [3.63, 3.8) is 0 Å². The van der Waals surface area contributed by atoms with E-state index in [1.54, 1.807) is 43.7 Å². The van der Waals surface area contributed by atoms with Gasteiger partial charge in [-0.05, 0) is 54.0 Å². The van der Waals surface area contributed by atoms with Crippen LogP contribution in [0.25, 0.3) is 6.08 Å². The van der Waals surface area contributed by atoms with Crippen molar-refractivity contribution in [2.24, 2.45) is 0 Å². The fourth-order valence-corrected chi connectivity index (χ4v) is 5.63. The zero-order valence-electron chi connectivity index (χ0n) is 19.2. The van der Waals surface area contributed by atoms with Gasteiger partial charge in [0.1, 0.15) is 10.7 Å². The van der Waals surface area contributed by atoms with Gasteiger partial charge in [-0.25, -0.2) is 8.42 Å². The molecule has 0 saturated carbocycles. The Balaban J connectivity index is 1.67. The van der Waals surface area contributed by atoms with E-state index in [0.29, 0.717) is 36.5 Å². The molecule has 2 aromatic carbocycles. The summed E-state index contributed by atoms with van der Waals surface area (Å²) in [6.07, 6.45) is 5.12. The van der Waals surface area contributed by atoms with Gasteiger partial charge in [0.25, 0.3) is 10.0 Å². The van der Waals surface area contributed by atoms with Gasteiger partial charge in [0.15, 0.2) is 11.5 Å². The normalized spacial score (nSPS) is 13.2. The van der Waals surface area contributed by atoms with Crippen LogP contribution in [-0.4, -0.2) is 47.0 Å². The first-order chi connectivity index (χ1) is 16.3. The van der Waals surface area contributed by atoms with Crippen molar-refractivity contribution in [2.45, 2.75) is 17.9 Å². The zero-order valence-corrected chi connectivity index (χ0v) is 20.0. The van der Waals surface area contributed by atoms with Gasteiger partial charge in [0.2, 0.25) is 5.91 Å². The molecule has 9 heteroatoms. The number of hydrogen-bond acceptors (Lipinski definition) is 6. The van der Waals surface area contributed by atoms with Crippen LogP contribution in [0.4, 0.5) is 5.69 Å². The molecule has 178 valence electrons. The second-order valence-corrected chi connectivity index (χ2v) is 9.65. The topological polar surface area (TPSA) is 89.3 Å². The number of fused-ring (bicyclic) bond motifs is 1. The molecule has 2 heterocycles. The number of likely N-dealkylation sites (N-methyl/N-ethyl adjacent to an activating group) is 1. The Morgan fingerprint density at radius 2 is 1.94 bits per heavy atom. The van der Waals surface area contributed by atoms with Crippen LogP contribution >= 0.6 is 0 Å². The average Bonchev–Trinajstić information content (AvgIpc) is 3.51. The summed E-state index contributed by atoms with van der Waals surface area (Å²) in [6, 6.07) is 14.1. The molecule has 34 heavy (non-hydrogen) atoms. The third-order valence-electron chi connectivity index (χ3n) is 5.65. The maximum atomic E-state index is 13.7. The van der Waals surface area contributed by atoms with E-state index in [-0.39, 0.29) is 22.3 Å². The highest BCUT2D eigenvalue weighted by Crippen LogP contribution is 2.40. The van der Waals surface area contributed by atoms with Crippen molar-refractivity contribution in [1.82, 2.24) is 4.90 Å². The van der Waals surface area contributed by atoms with Crippen LogP contribution in [0.1, 0.15) is 16.9 Å². The third-order valence-corrected chi connectivity index (χ3v) is 7.47. The number of amides is 1. The molecule has 1 amide bonds. The van der Waals surface area contributed by atoms with E-state index >= 15 is 0 Å². The standard InChI is InChI=1S/C25H26N2O6S/c1-26(17-20-8-6-14-33-20)24(28)11-10-18-15-22(31-2)25(32-3)23(16-18)34(29,30)27-13-12-19-7-4-5-9-21(19)27/h4-11,14-16H,12-13,17H2,1-3H3. The van der Waals surface area contributed by atoms with Crippen molar-refractivity contribution < 1.29 is 27.1 Å². The van der Waals surface area contributed by atoms with Gasteiger partial charge in [-0.15, -0.1) is 0 Å². The fourth-order valence-electron chi connectivity index (χ4n) is 3.92. The molecule has 0 fully saturated rings. The van der Waals surface area contributed by atoms with E-state index in [4.69, 9.17) is 13.9 Å². The van der Waals surface area contributed by atoms with Crippen molar-refractivity contribution in [3.05, 3.63) is 77.8 Å². The molecule has 0 bridgehead atoms. The molecule has 3 aromatic rings. The lowest BCUT2D eigenvalue weighted by molar-refractivity contribution is -0.125. The second kappa shape index (κ2) is 9.64. The molecule has 1 aliphatic heterocycles. The Bertz CT molecular complexity index is 1320. The number of furan rings is 1. The number of para-hydroxylation sites is 1. The minimum absolute atomic E-state index is 0.0258. The lowest BCUT2D eigenvalue weighted by atomic mass is 10.2. The summed E-state index contributed by atoms with van der Waals surface area (Å²) < 4.78 is 44.9. The van der Waals surface area contributed by atoms with E-state index in [0.717, 1.165) is 5.56 Å². The van der Waals surface area contributed by atoms with Gasteiger partial charge < -0.3 is 18.8 Å². The smallest absolute Gasteiger partial charge is 0.268 e. The lowest BCUT2D eigenvalue weighted by Gasteiger charge is -2.22. The number of methoxy groups -OCH3 is 2.